The molecule has 2 aliphatic rings. The topological polar surface area (TPSA) is 70.4 Å². The number of aromatic nitrogens is 4. The Bertz CT molecular complexity index is 801. The van der Waals surface area contributed by atoms with Crippen LogP contribution < -0.4 is 4.90 Å². The molecule has 2 saturated heterocycles. The summed E-state index contributed by atoms with van der Waals surface area (Å²) in [5.74, 6) is 1.22. The van der Waals surface area contributed by atoms with Gasteiger partial charge >= 0.3 is 0 Å². The van der Waals surface area contributed by atoms with Gasteiger partial charge < -0.3 is 9.80 Å². The molecular formula is C19H29N7O. The smallest absolute Gasteiger partial charge is 0.237 e. The molecule has 2 aromatic rings. The number of fused-ring (bicyclic) bond motifs is 1. The minimum absolute atomic E-state index is 0.278. The Hall–Kier alpha value is -2.22. The van der Waals surface area contributed by atoms with Gasteiger partial charge in [-0.1, -0.05) is 0 Å². The summed E-state index contributed by atoms with van der Waals surface area (Å²) in [5.41, 5.74) is 0.852. The van der Waals surface area contributed by atoms with E-state index in [-0.39, 0.29) is 5.91 Å². The van der Waals surface area contributed by atoms with E-state index >= 15 is 0 Å². The van der Waals surface area contributed by atoms with Crippen LogP contribution >= 0.6 is 0 Å². The number of carbonyl (C=O) groups excluding carboxylic acids is 1. The Labute approximate surface area is 160 Å². The number of carbonyl (C=O) groups is 1. The highest BCUT2D eigenvalue weighted by atomic mass is 16.2. The van der Waals surface area contributed by atoms with Gasteiger partial charge in [-0.25, -0.2) is 9.97 Å². The third kappa shape index (κ3) is 3.50. The highest BCUT2D eigenvalue weighted by molar-refractivity contribution is 5.86. The van der Waals surface area contributed by atoms with Crippen molar-refractivity contribution in [2.24, 2.45) is 7.05 Å². The molecule has 1 amide bonds. The molecule has 27 heavy (non-hydrogen) atoms. The maximum atomic E-state index is 12.9. The van der Waals surface area contributed by atoms with Crippen LogP contribution in [0, 0.1) is 0 Å². The Morgan fingerprint density at radius 2 is 1.81 bits per heavy atom. The number of likely N-dealkylation sites (tertiary alicyclic amines) is 1. The maximum absolute atomic E-state index is 12.9. The minimum atomic E-state index is 0.278. The molecule has 0 saturated carbocycles. The number of hydrogen-bond donors (Lipinski definition) is 0. The van der Waals surface area contributed by atoms with Crippen molar-refractivity contribution in [2.45, 2.75) is 45.2 Å². The number of hydrogen-bond acceptors (Lipinski definition) is 6. The number of aryl methyl sites for hydroxylation is 1. The van der Waals surface area contributed by atoms with Crippen molar-refractivity contribution in [1.82, 2.24) is 29.5 Å². The fourth-order valence-corrected chi connectivity index (χ4v) is 4.51. The lowest BCUT2D eigenvalue weighted by Gasteiger charge is -2.41. The second-order valence-electron chi connectivity index (χ2n) is 7.90. The minimum Gasteiger partial charge on any atom is -0.353 e. The number of anilines is 1. The first-order valence-electron chi connectivity index (χ1n) is 9.95. The molecule has 2 aromatic heterocycles. The summed E-state index contributed by atoms with van der Waals surface area (Å²) < 4.78 is 1.77. The summed E-state index contributed by atoms with van der Waals surface area (Å²) in [4.78, 5) is 28.3. The molecule has 8 heteroatoms. The Balaban J connectivity index is 1.38. The highest BCUT2D eigenvalue weighted by Crippen LogP contribution is 2.24. The summed E-state index contributed by atoms with van der Waals surface area (Å²) in [6.45, 7) is 8.34. The zero-order valence-corrected chi connectivity index (χ0v) is 16.5. The van der Waals surface area contributed by atoms with Gasteiger partial charge in [0.2, 0.25) is 5.91 Å². The van der Waals surface area contributed by atoms with Crippen LogP contribution in [0.4, 0.5) is 5.82 Å². The number of piperazine rings is 1. The average molecular weight is 371 g/mol. The van der Waals surface area contributed by atoms with Gasteiger partial charge in [0.25, 0.3) is 0 Å². The molecule has 8 nitrogen and oxygen atoms in total. The van der Waals surface area contributed by atoms with E-state index in [0.29, 0.717) is 18.6 Å². The molecule has 0 aliphatic carbocycles. The molecule has 0 bridgehead atoms. The molecule has 2 unspecified atom stereocenters. The summed E-state index contributed by atoms with van der Waals surface area (Å²) in [6, 6.07) is 0.727. The maximum Gasteiger partial charge on any atom is 0.237 e. The van der Waals surface area contributed by atoms with E-state index in [1.165, 1.54) is 6.42 Å². The van der Waals surface area contributed by atoms with E-state index in [2.05, 4.69) is 43.6 Å². The average Bonchev–Trinajstić information content (AvgIpc) is 3.04. The fraction of sp³-hybridized carbons (Fsp3) is 0.684. The normalized spacial score (nSPS) is 24.6. The van der Waals surface area contributed by atoms with E-state index in [9.17, 15) is 4.79 Å². The molecule has 4 heterocycles. The third-order valence-electron chi connectivity index (χ3n) is 6.02. The molecule has 0 N–H and O–H groups in total. The summed E-state index contributed by atoms with van der Waals surface area (Å²) in [5, 5.41) is 5.28. The molecule has 0 spiro atoms. The van der Waals surface area contributed by atoms with E-state index < -0.39 is 0 Å². The van der Waals surface area contributed by atoms with Crippen molar-refractivity contribution >= 4 is 22.8 Å². The SMILES string of the molecule is CC1CCCC(C)N1C(=O)CN1CCN(c2ncnc3c2cnn3C)CC1. The fourth-order valence-electron chi connectivity index (χ4n) is 4.51. The molecule has 2 aliphatic heterocycles. The van der Waals surface area contributed by atoms with Crippen LogP contribution in [0.1, 0.15) is 33.1 Å². The van der Waals surface area contributed by atoms with Crippen LogP contribution in [0.3, 0.4) is 0 Å². The Morgan fingerprint density at radius 1 is 1.11 bits per heavy atom. The van der Waals surface area contributed by atoms with Gasteiger partial charge in [0.15, 0.2) is 5.65 Å². The lowest BCUT2D eigenvalue weighted by atomic mass is 9.97. The van der Waals surface area contributed by atoms with Crippen molar-refractivity contribution in [2.75, 3.05) is 37.6 Å². The molecule has 146 valence electrons. The summed E-state index contributed by atoms with van der Waals surface area (Å²) >= 11 is 0. The molecule has 0 radical (unpaired) electrons. The highest BCUT2D eigenvalue weighted by Gasteiger charge is 2.30. The van der Waals surface area contributed by atoms with Crippen LogP contribution in [-0.4, -0.2) is 80.3 Å². The van der Waals surface area contributed by atoms with Gasteiger partial charge in [0.05, 0.1) is 18.1 Å². The van der Waals surface area contributed by atoms with Crippen LogP contribution in [0.25, 0.3) is 11.0 Å². The Kier molecular flexibility index (Phi) is 4.99. The first-order chi connectivity index (χ1) is 13.0. The quantitative estimate of drug-likeness (QED) is 0.809. The first kappa shape index (κ1) is 18.2. The van der Waals surface area contributed by atoms with Gasteiger partial charge in [-0.15, -0.1) is 0 Å². The summed E-state index contributed by atoms with van der Waals surface area (Å²) in [6.07, 6.45) is 6.91. The van der Waals surface area contributed by atoms with E-state index in [1.807, 2.05) is 13.2 Å². The van der Waals surface area contributed by atoms with Crippen molar-refractivity contribution in [1.29, 1.82) is 0 Å². The van der Waals surface area contributed by atoms with Crippen LogP contribution in [0.5, 0.6) is 0 Å². The number of rotatable bonds is 3. The van der Waals surface area contributed by atoms with Crippen molar-refractivity contribution in [3.05, 3.63) is 12.5 Å². The van der Waals surface area contributed by atoms with E-state index in [4.69, 9.17) is 0 Å². The van der Waals surface area contributed by atoms with Crippen molar-refractivity contribution in [3.8, 4) is 0 Å². The zero-order valence-electron chi connectivity index (χ0n) is 16.5. The van der Waals surface area contributed by atoms with Gasteiger partial charge in [-0.2, -0.15) is 5.10 Å². The number of amides is 1. The monoisotopic (exact) mass is 371 g/mol. The molecule has 2 atom stereocenters. The Morgan fingerprint density at radius 3 is 2.52 bits per heavy atom. The van der Waals surface area contributed by atoms with E-state index in [1.54, 1.807) is 11.0 Å². The van der Waals surface area contributed by atoms with Gasteiger partial charge in [0, 0.05) is 45.3 Å². The second-order valence-corrected chi connectivity index (χ2v) is 7.90. The lowest BCUT2D eigenvalue weighted by molar-refractivity contribution is -0.138. The van der Waals surface area contributed by atoms with E-state index in [0.717, 1.165) is 55.9 Å². The summed E-state index contributed by atoms with van der Waals surface area (Å²) in [7, 11) is 1.89. The zero-order chi connectivity index (χ0) is 19.0. The van der Waals surface area contributed by atoms with Crippen LogP contribution in [0.2, 0.25) is 0 Å². The van der Waals surface area contributed by atoms with Gasteiger partial charge in [-0.05, 0) is 33.1 Å². The molecule has 4 rings (SSSR count). The van der Waals surface area contributed by atoms with Gasteiger partial charge in [-0.3, -0.25) is 14.4 Å². The van der Waals surface area contributed by atoms with Crippen LogP contribution in [0.15, 0.2) is 12.5 Å². The third-order valence-corrected chi connectivity index (χ3v) is 6.02. The van der Waals surface area contributed by atoms with Gasteiger partial charge in [0.1, 0.15) is 12.1 Å². The second kappa shape index (κ2) is 7.42. The molecule has 0 aromatic carbocycles. The molecule has 2 fully saturated rings. The van der Waals surface area contributed by atoms with Crippen LogP contribution in [-0.2, 0) is 11.8 Å². The van der Waals surface area contributed by atoms with Crippen molar-refractivity contribution < 1.29 is 4.79 Å². The predicted octanol–water partition coefficient (Wildman–Crippen LogP) is 1.27. The van der Waals surface area contributed by atoms with Crippen molar-refractivity contribution in [3.63, 3.8) is 0 Å². The lowest BCUT2D eigenvalue weighted by Crippen LogP contribution is -2.54. The standard InChI is InChI=1S/C19H29N7O/c1-14-5-4-6-15(2)26(14)17(27)12-24-7-9-25(10-8-24)19-16-11-22-23(3)18(16)20-13-21-19/h11,13-15H,4-10,12H2,1-3H3. The number of piperidine rings is 1. The molecular weight excluding hydrogens is 342 g/mol. The first-order valence-corrected chi connectivity index (χ1v) is 9.95. The largest absolute Gasteiger partial charge is 0.353 e. The number of nitrogens with zero attached hydrogens (tertiary/aromatic N) is 7. The predicted molar refractivity (Wildman–Crippen MR) is 105 cm³/mol.